The van der Waals surface area contributed by atoms with Gasteiger partial charge < -0.3 is 10.4 Å². The highest BCUT2D eigenvalue weighted by atomic mass is 32.2. The molecule has 0 saturated carbocycles. The number of nitrogens with zero attached hydrogens (tertiary/aromatic N) is 1. The molecule has 6 nitrogen and oxygen atoms in total. The molecule has 2 N–H and O–H groups in total. The van der Waals surface area contributed by atoms with Crippen molar-refractivity contribution in [2.24, 2.45) is 0 Å². The fourth-order valence-electron chi connectivity index (χ4n) is 2.02. The van der Waals surface area contributed by atoms with E-state index in [1.54, 1.807) is 6.92 Å². The quantitative estimate of drug-likeness (QED) is 0.697. The van der Waals surface area contributed by atoms with Gasteiger partial charge in [0.05, 0.1) is 5.75 Å². The summed E-state index contributed by atoms with van der Waals surface area (Å²) in [5, 5.41) is 12.4. The van der Waals surface area contributed by atoms with Gasteiger partial charge in [-0.1, -0.05) is 6.92 Å². The number of piperazine rings is 1. The Morgan fingerprint density at radius 3 is 2.35 bits per heavy atom. The van der Waals surface area contributed by atoms with Gasteiger partial charge in [-0.15, -0.1) is 0 Å². The van der Waals surface area contributed by atoms with Crippen LogP contribution in [-0.4, -0.2) is 61.2 Å². The zero-order valence-electron chi connectivity index (χ0n) is 10.3. The predicted octanol–water partition coefficient (Wildman–Crippen LogP) is -0.483. The molecule has 1 fully saturated rings. The van der Waals surface area contributed by atoms with E-state index in [2.05, 4.69) is 5.32 Å². The van der Waals surface area contributed by atoms with E-state index in [1.165, 1.54) is 11.8 Å². The first-order chi connectivity index (χ1) is 7.86. The summed E-state index contributed by atoms with van der Waals surface area (Å²) < 4.78 is 24.3. The third kappa shape index (κ3) is 2.61. The summed E-state index contributed by atoms with van der Waals surface area (Å²) in [4.78, 5) is 11.1. The molecule has 100 valence electrons. The molecule has 1 aliphatic rings. The number of nitrogens with one attached hydrogen (secondary N) is 1. The van der Waals surface area contributed by atoms with Crippen molar-refractivity contribution in [2.75, 3.05) is 31.9 Å². The number of aliphatic carboxylic acids is 1. The van der Waals surface area contributed by atoms with Gasteiger partial charge in [-0.3, -0.25) is 4.90 Å². The molecule has 0 aliphatic carbocycles. The maximum absolute atomic E-state index is 12.2. The Balaban J connectivity index is 3.08. The van der Waals surface area contributed by atoms with Gasteiger partial charge in [-0.05, 0) is 13.3 Å². The Labute approximate surface area is 102 Å². The number of carboxylic acid groups (broad SMARTS) is 1. The smallest absolute Gasteiger partial charge is 0.339 e. The Morgan fingerprint density at radius 2 is 1.94 bits per heavy atom. The first-order valence-electron chi connectivity index (χ1n) is 5.77. The molecule has 17 heavy (non-hydrogen) atoms. The van der Waals surface area contributed by atoms with E-state index in [0.717, 1.165) is 0 Å². The minimum Gasteiger partial charge on any atom is -0.479 e. The molecule has 0 aromatic rings. The molecule has 0 aromatic carbocycles. The molecule has 0 amide bonds. The average Bonchev–Trinajstić information content (AvgIpc) is 2.28. The summed E-state index contributed by atoms with van der Waals surface area (Å²) in [7, 11) is -3.67. The van der Waals surface area contributed by atoms with Crippen LogP contribution in [0.15, 0.2) is 0 Å². The minimum absolute atomic E-state index is 0.0975. The fraction of sp³-hybridized carbons (Fsp3) is 0.900. The van der Waals surface area contributed by atoms with E-state index in [-0.39, 0.29) is 5.75 Å². The number of rotatable bonds is 5. The Hall–Kier alpha value is -0.660. The lowest BCUT2D eigenvalue weighted by Gasteiger charge is -2.39. The van der Waals surface area contributed by atoms with Gasteiger partial charge in [-0.25, -0.2) is 13.2 Å². The van der Waals surface area contributed by atoms with Crippen molar-refractivity contribution in [1.82, 2.24) is 10.2 Å². The second-order valence-electron chi connectivity index (χ2n) is 4.34. The first kappa shape index (κ1) is 14.4. The summed E-state index contributed by atoms with van der Waals surface area (Å²) in [5.41, 5.74) is 0. The molecular weight excluding hydrogens is 244 g/mol. The second-order valence-corrected chi connectivity index (χ2v) is 6.78. The summed E-state index contributed by atoms with van der Waals surface area (Å²) >= 11 is 0. The molecular formula is C10H20N2O4S. The Kier molecular flexibility index (Phi) is 4.51. The maximum atomic E-state index is 12.2. The van der Waals surface area contributed by atoms with Crippen molar-refractivity contribution < 1.29 is 18.3 Å². The largest absolute Gasteiger partial charge is 0.479 e. The van der Waals surface area contributed by atoms with Gasteiger partial charge in [0.25, 0.3) is 0 Å². The van der Waals surface area contributed by atoms with Crippen LogP contribution in [0.25, 0.3) is 0 Å². The monoisotopic (exact) mass is 264 g/mol. The summed E-state index contributed by atoms with van der Waals surface area (Å²) in [6.45, 7) is 5.13. The maximum Gasteiger partial charge on any atom is 0.339 e. The molecule has 0 spiro atoms. The third-order valence-electron chi connectivity index (χ3n) is 3.20. The molecule has 1 unspecified atom stereocenters. The zero-order valence-corrected chi connectivity index (χ0v) is 11.1. The molecule has 7 heteroatoms. The van der Waals surface area contributed by atoms with Crippen molar-refractivity contribution >= 4 is 15.8 Å². The van der Waals surface area contributed by atoms with Crippen molar-refractivity contribution in [1.29, 1.82) is 0 Å². The summed E-state index contributed by atoms with van der Waals surface area (Å²) in [6.07, 6.45) is 0.428. The van der Waals surface area contributed by atoms with Crippen LogP contribution in [0.4, 0.5) is 0 Å². The van der Waals surface area contributed by atoms with Crippen LogP contribution >= 0.6 is 0 Å². The van der Waals surface area contributed by atoms with Crippen LogP contribution < -0.4 is 5.32 Å². The Bertz CT molecular complexity index is 376. The number of hydrogen-bond donors (Lipinski definition) is 2. The van der Waals surface area contributed by atoms with Gasteiger partial charge in [-0.2, -0.15) is 0 Å². The standard InChI is InChI=1S/C10H20N2O4S/c1-3-8-17(15,16)10(2,9(13)14)12-6-4-11-5-7-12/h11H,3-8H2,1-2H3,(H,13,14). The van der Waals surface area contributed by atoms with E-state index in [9.17, 15) is 18.3 Å². The number of carbonyl (C=O) groups is 1. The zero-order chi connectivity index (χ0) is 13.1. The highest BCUT2D eigenvalue weighted by Crippen LogP contribution is 2.25. The van der Waals surface area contributed by atoms with E-state index in [1.807, 2.05) is 0 Å². The molecule has 1 saturated heterocycles. The Morgan fingerprint density at radius 1 is 1.41 bits per heavy atom. The van der Waals surface area contributed by atoms with Crippen LogP contribution in [0.1, 0.15) is 20.3 Å². The van der Waals surface area contributed by atoms with E-state index in [0.29, 0.717) is 32.6 Å². The fourth-order valence-corrected chi connectivity index (χ4v) is 3.80. The lowest BCUT2D eigenvalue weighted by molar-refractivity contribution is -0.145. The van der Waals surface area contributed by atoms with E-state index in [4.69, 9.17) is 0 Å². The molecule has 0 radical (unpaired) electrons. The normalized spacial score (nSPS) is 22.0. The molecule has 1 heterocycles. The number of hydrogen-bond acceptors (Lipinski definition) is 5. The first-order valence-corrected chi connectivity index (χ1v) is 7.43. The van der Waals surface area contributed by atoms with Crippen LogP contribution in [0.5, 0.6) is 0 Å². The second kappa shape index (κ2) is 5.32. The topological polar surface area (TPSA) is 86.7 Å². The van der Waals surface area contributed by atoms with Gasteiger partial charge in [0.15, 0.2) is 9.84 Å². The van der Waals surface area contributed by atoms with Crippen LogP contribution in [0.3, 0.4) is 0 Å². The van der Waals surface area contributed by atoms with Gasteiger partial charge in [0, 0.05) is 26.2 Å². The summed E-state index contributed by atoms with van der Waals surface area (Å²) in [6, 6.07) is 0. The molecule has 1 atom stereocenters. The molecule has 0 bridgehead atoms. The van der Waals surface area contributed by atoms with Gasteiger partial charge >= 0.3 is 5.97 Å². The highest BCUT2D eigenvalue weighted by Gasteiger charge is 2.50. The average molecular weight is 264 g/mol. The molecule has 0 aromatic heterocycles. The minimum atomic E-state index is -3.67. The van der Waals surface area contributed by atoms with Crippen molar-refractivity contribution in [3.63, 3.8) is 0 Å². The molecule has 1 aliphatic heterocycles. The lowest BCUT2D eigenvalue weighted by atomic mass is 10.2. The van der Waals surface area contributed by atoms with E-state index >= 15 is 0 Å². The number of carboxylic acids is 1. The molecule has 1 rings (SSSR count). The van der Waals surface area contributed by atoms with Crippen LogP contribution in [0, 0.1) is 0 Å². The van der Waals surface area contributed by atoms with Crippen LogP contribution in [0.2, 0.25) is 0 Å². The summed E-state index contributed by atoms with van der Waals surface area (Å²) in [5.74, 6) is -1.38. The van der Waals surface area contributed by atoms with E-state index < -0.39 is 20.7 Å². The van der Waals surface area contributed by atoms with Crippen molar-refractivity contribution in [3.05, 3.63) is 0 Å². The van der Waals surface area contributed by atoms with Crippen LogP contribution in [-0.2, 0) is 14.6 Å². The van der Waals surface area contributed by atoms with Crippen molar-refractivity contribution in [3.8, 4) is 0 Å². The van der Waals surface area contributed by atoms with Crippen molar-refractivity contribution in [2.45, 2.75) is 25.1 Å². The third-order valence-corrected chi connectivity index (χ3v) is 5.79. The van der Waals surface area contributed by atoms with Gasteiger partial charge in [0.1, 0.15) is 0 Å². The number of sulfone groups is 1. The lowest BCUT2D eigenvalue weighted by Crippen LogP contribution is -2.62. The predicted molar refractivity (Wildman–Crippen MR) is 64.6 cm³/mol. The van der Waals surface area contributed by atoms with Gasteiger partial charge in [0.2, 0.25) is 4.87 Å². The highest BCUT2D eigenvalue weighted by molar-refractivity contribution is 7.93. The SMILES string of the molecule is CCCS(=O)(=O)C(C)(C(=O)O)N1CCNCC1.